The number of phosphoric acid groups is 1. The topological polar surface area (TPSA) is 114 Å². The number of hydrogen-bond acceptors (Lipinski definition) is 7. The van der Waals surface area contributed by atoms with Crippen LogP contribution in [0, 0.1) is 0 Å². The van der Waals surface area contributed by atoms with Crippen LogP contribution in [-0.2, 0) is 27.9 Å². The highest BCUT2D eigenvalue weighted by molar-refractivity contribution is 7.45. The van der Waals surface area contributed by atoms with E-state index in [9.17, 15) is 19.0 Å². The standard InChI is InChI=1S/C69H131N2O7P/c1-7-10-13-16-19-22-25-28-29-30-31-32-33-34-35-36-37-38-39-40-41-44-46-49-52-55-58-61-68(72)70-66(65-77-79(74,75)76-64-63-71(4,5)6)67(60-57-54-51-48-45-42-26-23-20-17-14-11-8-2)78-69(73)62-59-56-53-50-47-43-27-24-21-18-15-12-9-3/h28-29,43,47,53,56-57,60,66-67H,7-27,30-42,44-46,48-52,54-55,58-59,61-65H2,1-6H3,(H-,70,72,74,75)/b29-28+,47-43-,56-53+,60-57-. The van der Waals surface area contributed by atoms with Crippen molar-refractivity contribution in [3.05, 3.63) is 48.6 Å². The van der Waals surface area contributed by atoms with Gasteiger partial charge in [0.2, 0.25) is 5.91 Å². The second-order valence-electron chi connectivity index (χ2n) is 24.3. The van der Waals surface area contributed by atoms with Crippen LogP contribution in [0.5, 0.6) is 0 Å². The highest BCUT2D eigenvalue weighted by Gasteiger charge is 2.27. The van der Waals surface area contributed by atoms with Crippen LogP contribution < -0.4 is 10.2 Å². The highest BCUT2D eigenvalue weighted by Crippen LogP contribution is 2.38. The number of allylic oxidation sites excluding steroid dienone is 7. The first-order valence-corrected chi connectivity index (χ1v) is 35.4. The maximum Gasteiger partial charge on any atom is 0.306 e. The van der Waals surface area contributed by atoms with E-state index in [4.69, 9.17) is 13.8 Å². The van der Waals surface area contributed by atoms with Crippen LogP contribution in [0.25, 0.3) is 0 Å². The van der Waals surface area contributed by atoms with Crippen molar-refractivity contribution >= 4 is 19.7 Å². The lowest BCUT2D eigenvalue weighted by atomic mass is 10.0. The average Bonchev–Trinajstić information content (AvgIpc) is 3.41. The number of carbonyl (C=O) groups excluding carboxylic acids is 2. The molecule has 79 heavy (non-hydrogen) atoms. The molecule has 3 unspecified atom stereocenters. The molecule has 0 aromatic heterocycles. The summed E-state index contributed by atoms with van der Waals surface area (Å²) < 4.78 is 30.3. The second kappa shape index (κ2) is 59.1. The Morgan fingerprint density at radius 3 is 1.18 bits per heavy atom. The molecule has 0 aromatic carbocycles. The normalized spacial score (nSPS) is 13.9. The molecule has 0 aliphatic rings. The molecular weight excluding hydrogens is 1000 g/mol. The molecule has 0 rings (SSSR count). The summed E-state index contributed by atoms with van der Waals surface area (Å²) in [5, 5.41) is 3.02. The summed E-state index contributed by atoms with van der Waals surface area (Å²) >= 11 is 0. The summed E-state index contributed by atoms with van der Waals surface area (Å²) in [4.78, 5) is 40.0. The first-order chi connectivity index (χ1) is 38.4. The zero-order valence-electron chi connectivity index (χ0n) is 53.1. The van der Waals surface area contributed by atoms with Gasteiger partial charge in [-0.05, 0) is 76.7 Å². The number of phosphoric ester groups is 1. The molecule has 1 N–H and O–H groups in total. The number of nitrogens with zero attached hydrogens (tertiary/aromatic N) is 1. The number of rotatable bonds is 62. The molecule has 0 saturated heterocycles. The van der Waals surface area contributed by atoms with Gasteiger partial charge in [0.15, 0.2) is 0 Å². The zero-order chi connectivity index (χ0) is 57.9. The molecule has 9 nitrogen and oxygen atoms in total. The fourth-order valence-corrected chi connectivity index (χ4v) is 10.7. The molecular formula is C69H131N2O7P. The number of carbonyl (C=O) groups is 2. The van der Waals surface area contributed by atoms with Crippen LogP contribution in [0.3, 0.4) is 0 Å². The van der Waals surface area contributed by atoms with Crippen LogP contribution in [-0.4, -0.2) is 69.4 Å². The van der Waals surface area contributed by atoms with Crippen molar-refractivity contribution in [2.24, 2.45) is 0 Å². The Labute approximate surface area is 490 Å². The average molecular weight is 1130 g/mol. The molecule has 10 heteroatoms. The van der Waals surface area contributed by atoms with Gasteiger partial charge in [-0.15, -0.1) is 0 Å². The Morgan fingerprint density at radius 1 is 0.443 bits per heavy atom. The Balaban J connectivity index is 5.03. The van der Waals surface area contributed by atoms with Gasteiger partial charge in [0.1, 0.15) is 19.3 Å². The number of esters is 1. The van der Waals surface area contributed by atoms with Crippen LogP contribution >= 0.6 is 7.82 Å². The maximum absolute atomic E-state index is 13.6. The molecule has 0 bridgehead atoms. The first kappa shape index (κ1) is 77.0. The summed E-state index contributed by atoms with van der Waals surface area (Å²) in [5.74, 6) is -0.606. The van der Waals surface area contributed by atoms with Gasteiger partial charge < -0.3 is 28.5 Å². The number of ether oxygens (including phenoxy) is 1. The van der Waals surface area contributed by atoms with E-state index in [0.717, 1.165) is 51.4 Å². The Kier molecular flexibility index (Phi) is 57.6. The smallest absolute Gasteiger partial charge is 0.306 e. The van der Waals surface area contributed by atoms with E-state index in [-0.39, 0.29) is 18.9 Å². The van der Waals surface area contributed by atoms with Crippen molar-refractivity contribution in [1.82, 2.24) is 5.32 Å². The molecule has 1 amide bonds. The minimum absolute atomic E-state index is 0.0284. The van der Waals surface area contributed by atoms with Gasteiger partial charge in [-0.2, -0.15) is 0 Å². The number of quaternary nitrogens is 1. The van der Waals surface area contributed by atoms with E-state index >= 15 is 0 Å². The lowest BCUT2D eigenvalue weighted by Crippen LogP contribution is -2.47. The van der Waals surface area contributed by atoms with Gasteiger partial charge in [-0.25, -0.2) is 0 Å². The van der Waals surface area contributed by atoms with Gasteiger partial charge in [0, 0.05) is 12.8 Å². The monoisotopic (exact) mass is 1130 g/mol. The van der Waals surface area contributed by atoms with Gasteiger partial charge in [-0.1, -0.05) is 288 Å². The molecule has 0 radical (unpaired) electrons. The molecule has 0 saturated carbocycles. The van der Waals surface area contributed by atoms with Crippen molar-refractivity contribution in [2.45, 2.75) is 341 Å². The van der Waals surface area contributed by atoms with Crippen molar-refractivity contribution in [1.29, 1.82) is 0 Å². The molecule has 3 atom stereocenters. The SMILES string of the molecule is CCCCCCCC/C=C\C/C=C/CCC(=O)OC(/C=C\CCCCCCCCCCCCC)C(COP(=O)([O-])OCC[N+](C)(C)C)NC(=O)CCCCCCCCCCCCCCCCCCC/C=C/CCCCCCCC. The summed E-state index contributed by atoms with van der Waals surface area (Å²) in [6, 6.07) is -0.909. The summed E-state index contributed by atoms with van der Waals surface area (Å²) in [7, 11) is 1.17. The number of nitrogens with one attached hydrogen (secondary N) is 1. The van der Waals surface area contributed by atoms with E-state index in [1.807, 2.05) is 39.4 Å². The van der Waals surface area contributed by atoms with Gasteiger partial charge in [-0.3, -0.25) is 14.2 Å². The van der Waals surface area contributed by atoms with Gasteiger partial charge in [0.05, 0.1) is 33.8 Å². The third-order valence-electron chi connectivity index (χ3n) is 15.2. The van der Waals surface area contributed by atoms with Crippen LogP contribution in [0.1, 0.15) is 329 Å². The molecule has 0 heterocycles. The van der Waals surface area contributed by atoms with Crippen molar-refractivity contribution in [3.8, 4) is 0 Å². The quantitative estimate of drug-likeness (QED) is 0.0212. The minimum atomic E-state index is -4.71. The zero-order valence-corrected chi connectivity index (χ0v) is 54.0. The molecule has 0 spiro atoms. The van der Waals surface area contributed by atoms with Crippen LogP contribution in [0.2, 0.25) is 0 Å². The minimum Gasteiger partial charge on any atom is -0.756 e. The number of hydrogen-bond donors (Lipinski definition) is 1. The number of amides is 1. The second-order valence-corrected chi connectivity index (χ2v) is 25.7. The van der Waals surface area contributed by atoms with Gasteiger partial charge >= 0.3 is 5.97 Å². The first-order valence-electron chi connectivity index (χ1n) is 33.9. The maximum atomic E-state index is 13.6. The Morgan fingerprint density at radius 2 is 0.785 bits per heavy atom. The summed E-state index contributed by atoms with van der Waals surface area (Å²) in [6.45, 7) is 6.83. The van der Waals surface area contributed by atoms with Crippen LogP contribution in [0.15, 0.2) is 48.6 Å². The van der Waals surface area contributed by atoms with E-state index < -0.39 is 32.5 Å². The van der Waals surface area contributed by atoms with Crippen molar-refractivity contribution in [3.63, 3.8) is 0 Å². The number of unbranched alkanes of at least 4 members (excludes halogenated alkanes) is 40. The molecule has 0 aliphatic heterocycles. The Hall–Kier alpha value is -2.03. The summed E-state index contributed by atoms with van der Waals surface area (Å²) in [5.41, 5.74) is 0. The van der Waals surface area contributed by atoms with Gasteiger partial charge in [0.25, 0.3) is 7.82 Å². The van der Waals surface area contributed by atoms with Crippen molar-refractivity contribution < 1.29 is 37.3 Å². The third kappa shape index (κ3) is 60.4. The van der Waals surface area contributed by atoms with Crippen molar-refractivity contribution in [2.75, 3.05) is 40.9 Å². The van der Waals surface area contributed by atoms with E-state index in [1.165, 1.54) is 238 Å². The summed E-state index contributed by atoms with van der Waals surface area (Å²) in [6.07, 6.45) is 74.0. The van der Waals surface area contributed by atoms with Crippen LogP contribution in [0.4, 0.5) is 0 Å². The molecule has 0 aromatic rings. The number of likely N-dealkylation sites (N-methyl/N-ethyl adjacent to an activating group) is 1. The third-order valence-corrected chi connectivity index (χ3v) is 16.2. The Bertz CT molecular complexity index is 1490. The fourth-order valence-electron chi connectivity index (χ4n) is 9.98. The van der Waals surface area contributed by atoms with E-state index in [2.05, 4.69) is 56.5 Å². The predicted octanol–water partition coefficient (Wildman–Crippen LogP) is 20.6. The lowest BCUT2D eigenvalue weighted by molar-refractivity contribution is -0.870. The molecule has 0 fully saturated rings. The van der Waals surface area contributed by atoms with E-state index in [1.54, 1.807) is 0 Å². The lowest BCUT2D eigenvalue weighted by Gasteiger charge is -2.30. The predicted molar refractivity (Wildman–Crippen MR) is 339 cm³/mol. The molecule has 0 aliphatic carbocycles. The fraction of sp³-hybridized carbons (Fsp3) is 0.855. The van der Waals surface area contributed by atoms with E-state index in [0.29, 0.717) is 23.9 Å². The largest absolute Gasteiger partial charge is 0.756 e. The highest BCUT2D eigenvalue weighted by atomic mass is 31.2. The molecule has 464 valence electrons.